The van der Waals surface area contributed by atoms with Crippen LogP contribution in [0.3, 0.4) is 0 Å². The summed E-state index contributed by atoms with van der Waals surface area (Å²) < 4.78 is 2.18. The minimum absolute atomic E-state index is 0. The molecule has 0 fully saturated rings. The molecule has 0 aliphatic carbocycles. The second-order valence-electron chi connectivity index (χ2n) is 8.06. The van der Waals surface area contributed by atoms with E-state index >= 15 is 0 Å². The minimum atomic E-state index is 0. The van der Waals surface area contributed by atoms with E-state index < -0.39 is 0 Å². The number of benzene rings is 3. The summed E-state index contributed by atoms with van der Waals surface area (Å²) in [7, 11) is 0. The SMILES string of the molecule is [C-]#[N+]c1ccc[c-]c1-c1cc(-c2ccccc2)c(C)cn1.[Ir].[c-]1cccc2c1-c1nccn1CC2. The average molecular weight is 631 g/mol. The summed E-state index contributed by atoms with van der Waals surface area (Å²) >= 11 is 0. The first-order valence-electron chi connectivity index (χ1n) is 11.2. The molecule has 0 spiro atoms. The maximum atomic E-state index is 7.27. The van der Waals surface area contributed by atoms with Crippen molar-refractivity contribution in [3.63, 3.8) is 0 Å². The molecule has 5 aromatic rings. The van der Waals surface area contributed by atoms with Gasteiger partial charge in [-0.2, -0.15) is 4.85 Å². The normalized spacial score (nSPS) is 11.1. The summed E-state index contributed by atoms with van der Waals surface area (Å²) in [5, 5.41) is 0. The molecule has 173 valence electrons. The summed E-state index contributed by atoms with van der Waals surface area (Å²) in [6, 6.07) is 30.2. The van der Waals surface area contributed by atoms with Crippen molar-refractivity contribution < 1.29 is 20.1 Å². The van der Waals surface area contributed by atoms with Crippen LogP contribution in [0.2, 0.25) is 0 Å². The third-order valence-electron chi connectivity index (χ3n) is 5.90. The molecular formula is C30H22IrN4-2. The first kappa shape index (κ1) is 24.3. The van der Waals surface area contributed by atoms with E-state index in [0.29, 0.717) is 5.69 Å². The van der Waals surface area contributed by atoms with Gasteiger partial charge in [-0.1, -0.05) is 42.5 Å². The van der Waals surface area contributed by atoms with E-state index in [2.05, 4.69) is 49.7 Å². The number of fused-ring (bicyclic) bond motifs is 3. The van der Waals surface area contributed by atoms with Crippen molar-refractivity contribution in [2.45, 2.75) is 19.9 Å². The molecule has 0 amide bonds. The first-order valence-corrected chi connectivity index (χ1v) is 11.2. The summed E-state index contributed by atoms with van der Waals surface area (Å²) in [6.07, 6.45) is 6.83. The van der Waals surface area contributed by atoms with Gasteiger partial charge in [-0.3, -0.25) is 4.98 Å². The third kappa shape index (κ3) is 5.15. The third-order valence-corrected chi connectivity index (χ3v) is 5.90. The maximum absolute atomic E-state index is 7.27. The van der Waals surface area contributed by atoms with Crippen molar-refractivity contribution >= 4 is 5.69 Å². The van der Waals surface area contributed by atoms with Crippen LogP contribution in [0, 0.1) is 25.6 Å². The molecule has 5 heteroatoms. The Morgan fingerprint density at radius 2 is 1.71 bits per heavy atom. The van der Waals surface area contributed by atoms with Crippen molar-refractivity contribution in [3.8, 4) is 33.8 Å². The van der Waals surface area contributed by atoms with Crippen LogP contribution in [0.5, 0.6) is 0 Å². The average Bonchev–Trinajstić information content (AvgIpc) is 3.40. The number of aromatic nitrogens is 3. The summed E-state index contributed by atoms with van der Waals surface area (Å²) in [6.45, 7) is 10.4. The summed E-state index contributed by atoms with van der Waals surface area (Å²) in [4.78, 5) is 12.3. The Balaban J connectivity index is 0.000000177. The van der Waals surface area contributed by atoms with Crippen LogP contribution in [0.1, 0.15) is 11.1 Å². The van der Waals surface area contributed by atoms with Crippen LogP contribution in [-0.4, -0.2) is 14.5 Å². The zero-order valence-electron chi connectivity index (χ0n) is 19.2. The molecule has 0 saturated carbocycles. The zero-order chi connectivity index (χ0) is 23.3. The van der Waals surface area contributed by atoms with Gasteiger partial charge >= 0.3 is 0 Å². The quantitative estimate of drug-likeness (QED) is 0.198. The topological polar surface area (TPSA) is 35.1 Å². The molecule has 4 nitrogen and oxygen atoms in total. The van der Waals surface area contributed by atoms with Crippen LogP contribution in [-0.2, 0) is 33.1 Å². The second kappa shape index (κ2) is 11.1. The molecule has 1 radical (unpaired) electrons. The number of imidazole rings is 1. The Kier molecular flexibility index (Phi) is 7.67. The van der Waals surface area contributed by atoms with E-state index in [4.69, 9.17) is 6.57 Å². The molecule has 0 atom stereocenters. The van der Waals surface area contributed by atoms with Gasteiger partial charge in [-0.15, -0.1) is 53.6 Å². The van der Waals surface area contributed by atoms with Crippen molar-refractivity contribution in [2.24, 2.45) is 0 Å². The summed E-state index contributed by atoms with van der Waals surface area (Å²) in [5.74, 6) is 1.06. The van der Waals surface area contributed by atoms with Gasteiger partial charge in [0, 0.05) is 45.2 Å². The van der Waals surface area contributed by atoms with Crippen molar-refractivity contribution in [2.75, 3.05) is 0 Å². The standard InChI is InChI=1S/C19H13N2.C11H9N2.Ir/c1-14-13-21-19(16-10-6-7-11-18(16)20-2)12-17(14)15-8-4-3-5-9-15;1-2-4-10-9(3-1)5-7-13-8-6-12-11(10)13;/h3-9,11-13H,1H3;1-3,6,8H,5,7H2;/q2*-1;. The fourth-order valence-corrected chi connectivity index (χ4v) is 4.16. The summed E-state index contributed by atoms with van der Waals surface area (Å²) in [5.41, 5.74) is 8.04. The van der Waals surface area contributed by atoms with Gasteiger partial charge in [0.05, 0.1) is 5.82 Å². The van der Waals surface area contributed by atoms with Gasteiger partial charge in [0.1, 0.15) is 6.57 Å². The Morgan fingerprint density at radius 3 is 2.51 bits per heavy atom. The van der Waals surface area contributed by atoms with E-state index in [1.165, 1.54) is 11.1 Å². The number of pyridine rings is 1. The number of hydrogen-bond donors (Lipinski definition) is 0. The minimum Gasteiger partial charge on any atom is -0.371 e. The molecule has 35 heavy (non-hydrogen) atoms. The van der Waals surface area contributed by atoms with Gasteiger partial charge in [0.2, 0.25) is 5.69 Å². The molecule has 1 aliphatic rings. The molecule has 0 unspecified atom stereocenters. The number of hydrogen-bond acceptors (Lipinski definition) is 2. The molecule has 3 heterocycles. The molecule has 0 saturated heterocycles. The van der Waals surface area contributed by atoms with Gasteiger partial charge in [0.15, 0.2) is 0 Å². The maximum Gasteiger partial charge on any atom is 0.235 e. The Morgan fingerprint density at radius 1 is 0.943 bits per heavy atom. The predicted molar refractivity (Wildman–Crippen MR) is 135 cm³/mol. The smallest absolute Gasteiger partial charge is 0.235 e. The Bertz CT molecular complexity index is 1480. The van der Waals surface area contributed by atoms with Crippen molar-refractivity contribution in [1.29, 1.82) is 0 Å². The Hall–Kier alpha value is -3.84. The number of nitrogens with zero attached hydrogens (tertiary/aromatic N) is 4. The second-order valence-corrected chi connectivity index (χ2v) is 8.06. The molecule has 1 aliphatic heterocycles. The van der Waals surface area contributed by atoms with E-state index in [-0.39, 0.29) is 20.1 Å². The first-order chi connectivity index (χ1) is 16.7. The Labute approximate surface area is 219 Å². The fourth-order valence-electron chi connectivity index (χ4n) is 4.16. The van der Waals surface area contributed by atoms with Crippen LogP contribution in [0.25, 0.3) is 38.6 Å². The molecule has 6 rings (SSSR count). The van der Waals surface area contributed by atoms with Gasteiger partial charge in [-0.25, -0.2) is 0 Å². The van der Waals surface area contributed by atoms with E-state index in [1.807, 2.05) is 74.0 Å². The van der Waals surface area contributed by atoms with Crippen LogP contribution < -0.4 is 0 Å². The van der Waals surface area contributed by atoms with Crippen molar-refractivity contribution in [1.82, 2.24) is 14.5 Å². The molecular weight excluding hydrogens is 609 g/mol. The largest absolute Gasteiger partial charge is 0.371 e. The number of aryl methyl sites for hydroxylation is 3. The molecule has 0 bridgehead atoms. The molecule has 2 aromatic heterocycles. The number of rotatable bonds is 2. The molecule has 0 N–H and O–H groups in total. The van der Waals surface area contributed by atoms with E-state index in [1.54, 1.807) is 6.07 Å². The van der Waals surface area contributed by atoms with Gasteiger partial charge in [-0.05, 0) is 41.3 Å². The predicted octanol–water partition coefficient (Wildman–Crippen LogP) is 6.98. The van der Waals surface area contributed by atoms with E-state index in [9.17, 15) is 0 Å². The van der Waals surface area contributed by atoms with Crippen LogP contribution in [0.15, 0.2) is 91.4 Å². The zero-order valence-corrected chi connectivity index (χ0v) is 21.6. The monoisotopic (exact) mass is 631 g/mol. The molecule has 3 aromatic carbocycles. The fraction of sp³-hybridized carbons (Fsp3) is 0.100. The van der Waals surface area contributed by atoms with Gasteiger partial charge < -0.3 is 9.55 Å². The van der Waals surface area contributed by atoms with Crippen LogP contribution in [0.4, 0.5) is 5.69 Å². The van der Waals surface area contributed by atoms with Gasteiger partial charge in [0.25, 0.3) is 0 Å². The van der Waals surface area contributed by atoms with E-state index in [0.717, 1.165) is 46.7 Å². The van der Waals surface area contributed by atoms with Crippen LogP contribution >= 0.6 is 0 Å². The van der Waals surface area contributed by atoms with Crippen molar-refractivity contribution in [3.05, 3.63) is 126 Å².